The Morgan fingerprint density at radius 2 is 2.16 bits per heavy atom. The van der Waals surface area contributed by atoms with Crippen molar-refractivity contribution in [2.45, 2.75) is 64.6 Å². The number of nitrogens with zero attached hydrogens (tertiary/aromatic N) is 3. The highest BCUT2D eigenvalue weighted by Gasteiger charge is 2.35. The van der Waals surface area contributed by atoms with E-state index in [1.54, 1.807) is 0 Å². The third-order valence-corrected chi connectivity index (χ3v) is 4.99. The summed E-state index contributed by atoms with van der Waals surface area (Å²) in [5.41, 5.74) is 1.84. The van der Waals surface area contributed by atoms with Crippen LogP contribution in [-0.2, 0) is 13.0 Å². The molecular formula is C19H24N4O2. The molecule has 4 rings (SSSR count). The van der Waals surface area contributed by atoms with E-state index in [9.17, 15) is 4.79 Å². The monoisotopic (exact) mass is 340 g/mol. The number of fused-ring (bicyclic) bond motifs is 2. The second-order valence-electron chi connectivity index (χ2n) is 7.68. The molecule has 1 aromatic heterocycles. The number of benzene rings is 1. The molecule has 6 heteroatoms. The number of hydrogen-bond acceptors (Lipinski definition) is 4. The molecule has 0 radical (unpaired) electrons. The Morgan fingerprint density at radius 3 is 3.00 bits per heavy atom. The second kappa shape index (κ2) is 5.86. The quantitative estimate of drug-likeness (QED) is 0.912. The molecule has 0 unspecified atom stereocenters. The number of amides is 1. The first kappa shape index (κ1) is 16.1. The zero-order chi connectivity index (χ0) is 17.6. The fourth-order valence-electron chi connectivity index (χ4n) is 3.79. The fraction of sp³-hybridized carbons (Fsp3) is 0.526. The van der Waals surface area contributed by atoms with Crippen LogP contribution < -0.4 is 10.1 Å². The van der Waals surface area contributed by atoms with Crippen molar-refractivity contribution in [1.82, 2.24) is 20.1 Å². The minimum Gasteiger partial charge on any atom is -0.487 e. The molecular weight excluding hydrogens is 316 g/mol. The third-order valence-electron chi connectivity index (χ3n) is 4.99. The van der Waals surface area contributed by atoms with Crippen molar-refractivity contribution < 1.29 is 9.53 Å². The van der Waals surface area contributed by atoms with Crippen molar-refractivity contribution in [2.24, 2.45) is 0 Å². The fourth-order valence-corrected chi connectivity index (χ4v) is 3.79. The summed E-state index contributed by atoms with van der Waals surface area (Å²) < 4.78 is 8.07. The predicted octanol–water partition coefficient (Wildman–Crippen LogP) is 2.96. The van der Waals surface area contributed by atoms with Crippen molar-refractivity contribution in [3.05, 3.63) is 41.0 Å². The first-order valence-electron chi connectivity index (χ1n) is 8.95. The molecule has 1 N–H and O–H groups in total. The van der Waals surface area contributed by atoms with Crippen LogP contribution in [0.25, 0.3) is 0 Å². The van der Waals surface area contributed by atoms with Gasteiger partial charge in [-0.25, -0.2) is 0 Å². The van der Waals surface area contributed by atoms with Gasteiger partial charge in [0.15, 0.2) is 0 Å². The number of carbonyl (C=O) groups is 1. The van der Waals surface area contributed by atoms with E-state index in [1.165, 1.54) is 0 Å². The molecule has 132 valence electrons. The first-order valence-corrected chi connectivity index (χ1v) is 8.95. The van der Waals surface area contributed by atoms with Gasteiger partial charge < -0.3 is 14.6 Å². The van der Waals surface area contributed by atoms with Gasteiger partial charge in [-0.05, 0) is 45.2 Å². The smallest absolute Gasteiger partial charge is 0.289 e. The standard InChI is InChI=1S/C19H24N4O2/c1-12-7-8-13-14(11-19(2,3)25-15(13)10-12)20-18(24)17-22-21-16-6-4-5-9-23(16)17/h7-8,10,14H,4-6,9,11H2,1-3H3,(H,20,24)/t14-/m1/s1. The summed E-state index contributed by atoms with van der Waals surface area (Å²) in [6.07, 6.45) is 3.79. The van der Waals surface area contributed by atoms with E-state index in [1.807, 2.05) is 23.6 Å². The van der Waals surface area contributed by atoms with Crippen molar-refractivity contribution in [1.29, 1.82) is 0 Å². The molecule has 1 atom stereocenters. The van der Waals surface area contributed by atoms with Crippen molar-refractivity contribution in [3.63, 3.8) is 0 Å². The Bertz CT molecular complexity index is 825. The molecule has 25 heavy (non-hydrogen) atoms. The van der Waals surface area contributed by atoms with E-state index in [0.29, 0.717) is 5.82 Å². The summed E-state index contributed by atoms with van der Waals surface area (Å²) in [6.45, 7) is 6.97. The topological polar surface area (TPSA) is 69.0 Å². The lowest BCUT2D eigenvalue weighted by molar-refractivity contribution is 0.0614. The maximum absolute atomic E-state index is 12.9. The summed E-state index contributed by atoms with van der Waals surface area (Å²) in [4.78, 5) is 12.9. The lowest BCUT2D eigenvalue weighted by atomic mass is 9.89. The molecule has 0 saturated heterocycles. The highest BCUT2D eigenvalue weighted by molar-refractivity contribution is 5.91. The molecule has 3 heterocycles. The molecule has 6 nitrogen and oxygen atoms in total. The number of aryl methyl sites for hydroxylation is 2. The van der Waals surface area contributed by atoms with Gasteiger partial charge in [0.1, 0.15) is 17.2 Å². The first-order chi connectivity index (χ1) is 11.9. The molecule has 0 spiro atoms. The van der Waals surface area contributed by atoms with Crippen LogP contribution in [0.15, 0.2) is 18.2 Å². The maximum Gasteiger partial charge on any atom is 0.289 e. The van der Waals surface area contributed by atoms with Gasteiger partial charge in [0.05, 0.1) is 6.04 Å². The predicted molar refractivity (Wildman–Crippen MR) is 93.7 cm³/mol. The van der Waals surface area contributed by atoms with Crippen LogP contribution in [0.1, 0.15) is 66.7 Å². The number of hydrogen-bond donors (Lipinski definition) is 1. The van der Waals surface area contributed by atoms with Crippen LogP contribution in [0, 0.1) is 6.92 Å². The van der Waals surface area contributed by atoms with E-state index in [2.05, 4.69) is 35.4 Å². The summed E-state index contributed by atoms with van der Waals surface area (Å²) in [5.74, 6) is 2.03. The Kier molecular flexibility index (Phi) is 3.78. The SMILES string of the molecule is Cc1ccc2c(c1)OC(C)(C)C[C@H]2NC(=O)c1nnc2n1CCCC2. The molecule has 2 aromatic rings. The lowest BCUT2D eigenvalue weighted by Gasteiger charge is -2.38. The maximum atomic E-state index is 12.9. The highest BCUT2D eigenvalue weighted by atomic mass is 16.5. The van der Waals surface area contributed by atoms with E-state index in [4.69, 9.17) is 4.74 Å². The number of nitrogens with one attached hydrogen (secondary N) is 1. The summed E-state index contributed by atoms with van der Waals surface area (Å²) in [7, 11) is 0. The van der Waals surface area contributed by atoms with Gasteiger partial charge in [0, 0.05) is 24.9 Å². The Hall–Kier alpha value is -2.37. The molecule has 0 bridgehead atoms. The van der Waals surface area contributed by atoms with E-state index in [0.717, 1.165) is 54.9 Å². The average molecular weight is 340 g/mol. The molecule has 0 saturated carbocycles. The summed E-state index contributed by atoms with van der Waals surface area (Å²) in [5, 5.41) is 11.5. The minimum atomic E-state index is -0.330. The summed E-state index contributed by atoms with van der Waals surface area (Å²) in [6, 6.07) is 6.04. The van der Waals surface area contributed by atoms with Gasteiger partial charge in [-0.1, -0.05) is 12.1 Å². The number of aromatic nitrogens is 3. The molecule has 0 aliphatic carbocycles. The molecule has 0 fully saturated rings. The zero-order valence-corrected chi connectivity index (χ0v) is 15.0. The van der Waals surface area contributed by atoms with Gasteiger partial charge in [0.25, 0.3) is 5.91 Å². The Balaban J connectivity index is 1.62. The summed E-state index contributed by atoms with van der Waals surface area (Å²) >= 11 is 0. The number of rotatable bonds is 2. The average Bonchev–Trinajstić information content (AvgIpc) is 2.97. The van der Waals surface area contributed by atoms with Crippen LogP contribution in [0.4, 0.5) is 0 Å². The molecule has 2 aliphatic heterocycles. The minimum absolute atomic E-state index is 0.0941. The van der Waals surface area contributed by atoms with Crippen molar-refractivity contribution in [2.75, 3.05) is 0 Å². The third kappa shape index (κ3) is 3.01. The Labute approximate surface area is 147 Å². The van der Waals surface area contributed by atoms with Crippen molar-refractivity contribution in [3.8, 4) is 5.75 Å². The molecule has 1 amide bonds. The van der Waals surface area contributed by atoms with Crippen molar-refractivity contribution >= 4 is 5.91 Å². The van der Waals surface area contributed by atoms with Gasteiger partial charge in [0.2, 0.25) is 5.82 Å². The van der Waals surface area contributed by atoms with Gasteiger partial charge in [-0.3, -0.25) is 4.79 Å². The van der Waals surface area contributed by atoms with E-state index < -0.39 is 0 Å². The van der Waals surface area contributed by atoms with Crippen LogP contribution >= 0.6 is 0 Å². The van der Waals surface area contributed by atoms with Crippen LogP contribution in [0.5, 0.6) is 5.75 Å². The molecule has 2 aliphatic rings. The zero-order valence-electron chi connectivity index (χ0n) is 15.0. The normalized spacial score (nSPS) is 21.0. The van der Waals surface area contributed by atoms with Crippen LogP contribution in [-0.4, -0.2) is 26.3 Å². The van der Waals surface area contributed by atoms with Crippen LogP contribution in [0.3, 0.4) is 0 Å². The lowest BCUT2D eigenvalue weighted by Crippen LogP contribution is -2.42. The van der Waals surface area contributed by atoms with Gasteiger partial charge in [-0.2, -0.15) is 0 Å². The Morgan fingerprint density at radius 1 is 1.32 bits per heavy atom. The molecule has 1 aromatic carbocycles. The largest absolute Gasteiger partial charge is 0.487 e. The van der Waals surface area contributed by atoms with E-state index in [-0.39, 0.29) is 17.6 Å². The van der Waals surface area contributed by atoms with Gasteiger partial charge >= 0.3 is 0 Å². The van der Waals surface area contributed by atoms with E-state index >= 15 is 0 Å². The highest BCUT2D eigenvalue weighted by Crippen LogP contribution is 2.40. The number of ether oxygens (including phenoxy) is 1. The number of carbonyl (C=O) groups excluding carboxylic acids is 1. The second-order valence-corrected chi connectivity index (χ2v) is 7.68. The van der Waals surface area contributed by atoms with Crippen LogP contribution in [0.2, 0.25) is 0 Å². The van der Waals surface area contributed by atoms with Gasteiger partial charge in [-0.15, -0.1) is 10.2 Å².